The lowest BCUT2D eigenvalue weighted by molar-refractivity contribution is 0.233. The first kappa shape index (κ1) is 14.2. The average molecular weight is 285 g/mol. The maximum atomic E-state index is 6.65. The quantitative estimate of drug-likeness (QED) is 0.921. The summed E-state index contributed by atoms with van der Waals surface area (Å²) in [5.41, 5.74) is 9.69. The zero-order chi connectivity index (χ0) is 15.0. The minimum atomic E-state index is -0.411. The lowest BCUT2D eigenvalue weighted by atomic mass is 9.77. The number of aryl methyl sites for hydroxylation is 1. The standard InChI is InChI=1S/C16H23N5/c1-11-7-9-16(17,10-8-11)15-18-19-20-21(15)14-6-4-5-12(2)13(14)3/h4-6,11H,7-10,17H2,1-3H3. The summed E-state index contributed by atoms with van der Waals surface area (Å²) in [6.07, 6.45) is 4.16. The maximum Gasteiger partial charge on any atom is 0.176 e. The van der Waals surface area contributed by atoms with Gasteiger partial charge in [0.1, 0.15) is 0 Å². The summed E-state index contributed by atoms with van der Waals surface area (Å²) in [4.78, 5) is 0. The molecule has 0 aliphatic heterocycles. The number of nitrogens with two attached hydrogens (primary N) is 1. The van der Waals surface area contributed by atoms with E-state index in [0.29, 0.717) is 0 Å². The van der Waals surface area contributed by atoms with Crippen LogP contribution in [-0.4, -0.2) is 20.2 Å². The molecule has 1 aliphatic rings. The van der Waals surface area contributed by atoms with Crippen LogP contribution in [0.2, 0.25) is 0 Å². The Balaban J connectivity index is 2.03. The van der Waals surface area contributed by atoms with Crippen molar-refractivity contribution in [3.05, 3.63) is 35.2 Å². The summed E-state index contributed by atoms with van der Waals surface area (Å²) in [6.45, 7) is 6.49. The van der Waals surface area contributed by atoms with Gasteiger partial charge in [-0.25, -0.2) is 0 Å². The van der Waals surface area contributed by atoms with Gasteiger partial charge in [-0.3, -0.25) is 0 Å². The highest BCUT2D eigenvalue weighted by atomic mass is 15.5. The summed E-state index contributed by atoms with van der Waals surface area (Å²) < 4.78 is 1.83. The van der Waals surface area contributed by atoms with Crippen molar-refractivity contribution < 1.29 is 0 Å². The highest BCUT2D eigenvalue weighted by Gasteiger charge is 2.37. The molecule has 0 saturated heterocycles. The molecule has 5 nitrogen and oxygen atoms in total. The number of nitrogens with zero attached hydrogens (tertiary/aromatic N) is 4. The van der Waals surface area contributed by atoms with Crippen LogP contribution in [0.3, 0.4) is 0 Å². The number of rotatable bonds is 2. The summed E-state index contributed by atoms with van der Waals surface area (Å²) >= 11 is 0. The Morgan fingerprint density at radius 2 is 1.95 bits per heavy atom. The van der Waals surface area contributed by atoms with Gasteiger partial charge in [-0.1, -0.05) is 19.1 Å². The van der Waals surface area contributed by atoms with Crippen molar-refractivity contribution in [2.75, 3.05) is 0 Å². The Kier molecular flexibility index (Phi) is 3.53. The topological polar surface area (TPSA) is 69.6 Å². The second-order valence-electron chi connectivity index (χ2n) is 6.47. The van der Waals surface area contributed by atoms with Gasteiger partial charge in [0.15, 0.2) is 5.82 Å². The third-order valence-corrected chi connectivity index (χ3v) is 4.89. The van der Waals surface area contributed by atoms with Crippen LogP contribution in [0.5, 0.6) is 0 Å². The van der Waals surface area contributed by atoms with Crippen LogP contribution in [0.1, 0.15) is 49.6 Å². The predicted octanol–water partition coefficient (Wildman–Crippen LogP) is 2.64. The van der Waals surface area contributed by atoms with E-state index in [0.717, 1.165) is 43.1 Å². The predicted molar refractivity (Wildman–Crippen MR) is 82.1 cm³/mol. The first-order valence-corrected chi connectivity index (χ1v) is 7.65. The molecule has 0 unspecified atom stereocenters. The number of hydrogen-bond donors (Lipinski definition) is 1. The molecule has 1 fully saturated rings. The van der Waals surface area contributed by atoms with Crippen LogP contribution in [0, 0.1) is 19.8 Å². The Bertz CT molecular complexity index is 638. The van der Waals surface area contributed by atoms with E-state index in [4.69, 9.17) is 5.73 Å². The molecule has 0 amide bonds. The van der Waals surface area contributed by atoms with Gasteiger partial charge in [-0.2, -0.15) is 4.68 Å². The molecule has 1 saturated carbocycles. The molecule has 21 heavy (non-hydrogen) atoms. The molecular formula is C16H23N5. The molecule has 1 aromatic heterocycles. The normalized spacial score (nSPS) is 26.0. The highest BCUT2D eigenvalue weighted by molar-refractivity contribution is 5.44. The monoisotopic (exact) mass is 285 g/mol. The van der Waals surface area contributed by atoms with Crippen LogP contribution in [0.4, 0.5) is 0 Å². The van der Waals surface area contributed by atoms with Crippen LogP contribution in [0.25, 0.3) is 5.69 Å². The minimum absolute atomic E-state index is 0.411. The second kappa shape index (κ2) is 5.22. The van der Waals surface area contributed by atoms with Gasteiger partial charge in [0, 0.05) is 0 Å². The molecule has 0 radical (unpaired) electrons. The molecule has 112 valence electrons. The van der Waals surface area contributed by atoms with Crippen molar-refractivity contribution in [1.82, 2.24) is 20.2 Å². The van der Waals surface area contributed by atoms with E-state index < -0.39 is 5.54 Å². The fourth-order valence-electron chi connectivity index (χ4n) is 3.13. The Labute approximate surface area is 125 Å². The summed E-state index contributed by atoms with van der Waals surface area (Å²) in [5.74, 6) is 1.54. The lowest BCUT2D eigenvalue weighted by Crippen LogP contribution is -2.42. The highest BCUT2D eigenvalue weighted by Crippen LogP contribution is 2.37. The summed E-state index contributed by atoms with van der Waals surface area (Å²) in [6, 6.07) is 6.19. The SMILES string of the molecule is Cc1cccc(-n2nnnc2C2(N)CCC(C)CC2)c1C. The molecule has 1 aromatic carbocycles. The number of aromatic nitrogens is 4. The van der Waals surface area contributed by atoms with Crippen molar-refractivity contribution in [3.8, 4) is 5.69 Å². The van der Waals surface area contributed by atoms with Crippen molar-refractivity contribution in [2.45, 2.75) is 52.0 Å². The van der Waals surface area contributed by atoms with E-state index >= 15 is 0 Å². The van der Waals surface area contributed by atoms with Crippen molar-refractivity contribution in [1.29, 1.82) is 0 Å². The molecule has 5 heteroatoms. The lowest BCUT2D eigenvalue weighted by Gasteiger charge is -2.34. The van der Waals surface area contributed by atoms with E-state index in [1.165, 1.54) is 11.1 Å². The molecule has 0 bridgehead atoms. The number of benzene rings is 1. The molecule has 0 spiro atoms. The van der Waals surface area contributed by atoms with Crippen LogP contribution >= 0.6 is 0 Å². The zero-order valence-corrected chi connectivity index (χ0v) is 13.0. The molecule has 2 aromatic rings. The van der Waals surface area contributed by atoms with Crippen molar-refractivity contribution in [3.63, 3.8) is 0 Å². The molecule has 2 N–H and O–H groups in total. The Hall–Kier alpha value is -1.75. The maximum absolute atomic E-state index is 6.65. The van der Waals surface area contributed by atoms with Crippen LogP contribution in [-0.2, 0) is 5.54 Å². The van der Waals surface area contributed by atoms with Gasteiger partial charge < -0.3 is 5.73 Å². The number of tetrazole rings is 1. The minimum Gasteiger partial charge on any atom is -0.319 e. The van der Waals surface area contributed by atoms with Gasteiger partial charge in [0.05, 0.1) is 11.2 Å². The van der Waals surface area contributed by atoms with E-state index in [1.807, 2.05) is 10.7 Å². The zero-order valence-electron chi connectivity index (χ0n) is 13.0. The van der Waals surface area contributed by atoms with Gasteiger partial charge in [0.2, 0.25) is 0 Å². The van der Waals surface area contributed by atoms with Gasteiger partial charge >= 0.3 is 0 Å². The first-order chi connectivity index (χ1) is 10.0. The van der Waals surface area contributed by atoms with Gasteiger partial charge in [-0.05, 0) is 73.1 Å². The average Bonchev–Trinajstić information content (AvgIpc) is 2.95. The molecule has 1 aliphatic carbocycles. The van der Waals surface area contributed by atoms with E-state index in [9.17, 15) is 0 Å². The fraction of sp³-hybridized carbons (Fsp3) is 0.562. The second-order valence-corrected chi connectivity index (χ2v) is 6.47. The Morgan fingerprint density at radius 1 is 1.24 bits per heavy atom. The van der Waals surface area contributed by atoms with E-state index in [-0.39, 0.29) is 0 Å². The van der Waals surface area contributed by atoms with E-state index in [2.05, 4.69) is 48.4 Å². The molecular weight excluding hydrogens is 262 g/mol. The van der Waals surface area contributed by atoms with Gasteiger partial charge in [0.25, 0.3) is 0 Å². The van der Waals surface area contributed by atoms with Gasteiger partial charge in [-0.15, -0.1) is 5.10 Å². The third-order valence-electron chi connectivity index (χ3n) is 4.89. The smallest absolute Gasteiger partial charge is 0.176 e. The summed E-state index contributed by atoms with van der Waals surface area (Å²) in [5, 5.41) is 12.4. The molecule has 0 atom stereocenters. The van der Waals surface area contributed by atoms with E-state index in [1.54, 1.807) is 0 Å². The van der Waals surface area contributed by atoms with Crippen molar-refractivity contribution in [2.24, 2.45) is 11.7 Å². The molecule has 1 heterocycles. The number of hydrogen-bond acceptors (Lipinski definition) is 4. The van der Waals surface area contributed by atoms with Crippen LogP contribution < -0.4 is 5.73 Å². The largest absolute Gasteiger partial charge is 0.319 e. The third kappa shape index (κ3) is 2.46. The molecule has 3 rings (SSSR count). The fourth-order valence-corrected chi connectivity index (χ4v) is 3.13. The van der Waals surface area contributed by atoms with Crippen molar-refractivity contribution >= 4 is 0 Å². The summed E-state index contributed by atoms with van der Waals surface area (Å²) in [7, 11) is 0. The Morgan fingerprint density at radius 3 is 2.67 bits per heavy atom. The van der Waals surface area contributed by atoms with Crippen LogP contribution in [0.15, 0.2) is 18.2 Å². The first-order valence-electron chi connectivity index (χ1n) is 7.65.